The van der Waals surface area contributed by atoms with Crippen molar-refractivity contribution in [2.45, 2.75) is 32.4 Å². The number of aromatic nitrogens is 2. The summed E-state index contributed by atoms with van der Waals surface area (Å²) in [7, 11) is 0. The van der Waals surface area contributed by atoms with E-state index in [0.29, 0.717) is 17.5 Å². The maximum atomic E-state index is 5.96. The number of benzene rings is 1. The number of nitrogens with zero attached hydrogens (tertiary/aromatic N) is 3. The van der Waals surface area contributed by atoms with Crippen molar-refractivity contribution in [2.24, 2.45) is 10.7 Å². The zero-order valence-electron chi connectivity index (χ0n) is 13.5. The number of nitrogens with one attached hydrogen (secondary N) is 1. The number of hydrogen-bond acceptors (Lipinski definition) is 2. The first-order chi connectivity index (χ1) is 10.3. The normalized spacial score (nSPS) is 13.3. The summed E-state index contributed by atoms with van der Waals surface area (Å²) in [5, 5.41) is 8.19. The van der Waals surface area contributed by atoms with E-state index in [-0.39, 0.29) is 35.6 Å². The number of hydrogen-bond donors (Lipinski definition) is 2. The molecule has 0 aliphatic carbocycles. The van der Waals surface area contributed by atoms with Gasteiger partial charge in [-0.3, -0.25) is 9.67 Å². The molecule has 126 valence electrons. The minimum Gasteiger partial charge on any atom is -0.370 e. The summed E-state index contributed by atoms with van der Waals surface area (Å²) in [5.74, 6) is 0.429. The summed E-state index contributed by atoms with van der Waals surface area (Å²) in [6.45, 7) is 6.62. The Kier molecular flexibility index (Phi) is 7.34. The second-order valence-corrected chi connectivity index (χ2v) is 6.59. The molecule has 1 aromatic carbocycles. The van der Waals surface area contributed by atoms with Gasteiger partial charge in [0.25, 0.3) is 0 Å². The van der Waals surface area contributed by atoms with E-state index in [1.165, 1.54) is 0 Å². The van der Waals surface area contributed by atoms with E-state index < -0.39 is 0 Å². The predicted octanol–water partition coefficient (Wildman–Crippen LogP) is 3.45. The van der Waals surface area contributed by atoms with Crippen molar-refractivity contribution >= 4 is 41.5 Å². The van der Waals surface area contributed by atoms with Crippen LogP contribution in [0.3, 0.4) is 0 Å². The van der Waals surface area contributed by atoms with Crippen molar-refractivity contribution in [2.75, 3.05) is 6.54 Å². The van der Waals surface area contributed by atoms with Crippen molar-refractivity contribution in [1.29, 1.82) is 0 Å². The third-order valence-electron chi connectivity index (χ3n) is 3.04. The summed E-state index contributed by atoms with van der Waals surface area (Å²) in [5.41, 5.74) is 6.92. The highest BCUT2D eigenvalue weighted by atomic mass is 127. The molecule has 3 N–H and O–H groups in total. The first kappa shape index (κ1) is 19.8. The quantitative estimate of drug-likeness (QED) is 0.428. The lowest BCUT2D eigenvalue weighted by Crippen LogP contribution is -2.45. The van der Waals surface area contributed by atoms with Crippen LogP contribution in [0, 0.1) is 0 Å². The topological polar surface area (TPSA) is 68.2 Å². The Morgan fingerprint density at radius 1 is 1.35 bits per heavy atom. The Morgan fingerprint density at radius 3 is 2.52 bits per heavy atom. The van der Waals surface area contributed by atoms with E-state index in [1.807, 2.05) is 62.0 Å². The van der Waals surface area contributed by atoms with Gasteiger partial charge in [-0.15, -0.1) is 24.0 Å². The van der Waals surface area contributed by atoms with Crippen LogP contribution in [0.2, 0.25) is 5.02 Å². The van der Waals surface area contributed by atoms with Crippen molar-refractivity contribution in [1.82, 2.24) is 15.1 Å². The fourth-order valence-electron chi connectivity index (χ4n) is 2.10. The maximum absolute atomic E-state index is 5.96. The van der Waals surface area contributed by atoms with E-state index in [2.05, 4.69) is 15.4 Å². The molecule has 1 unspecified atom stereocenters. The van der Waals surface area contributed by atoms with Gasteiger partial charge in [0.2, 0.25) is 0 Å². The molecule has 1 atom stereocenters. The first-order valence-corrected chi connectivity index (χ1v) is 7.56. The zero-order chi connectivity index (χ0) is 16.2. The average molecular weight is 448 g/mol. The summed E-state index contributed by atoms with van der Waals surface area (Å²) in [4.78, 5) is 4.45. The second kappa shape index (κ2) is 8.54. The third kappa shape index (κ3) is 6.39. The number of aliphatic imine (C=N–C) groups is 1. The summed E-state index contributed by atoms with van der Waals surface area (Å²) >= 11 is 5.96. The van der Waals surface area contributed by atoms with Crippen LogP contribution in [0.15, 0.2) is 47.7 Å². The molecule has 7 heteroatoms. The largest absolute Gasteiger partial charge is 0.370 e. The molecule has 0 spiro atoms. The van der Waals surface area contributed by atoms with Crippen LogP contribution in [0.5, 0.6) is 0 Å². The van der Waals surface area contributed by atoms with Gasteiger partial charge in [0.1, 0.15) is 0 Å². The second-order valence-electron chi connectivity index (χ2n) is 6.15. The molecule has 2 rings (SSSR count). The molecule has 1 aromatic heterocycles. The van der Waals surface area contributed by atoms with Gasteiger partial charge in [0.15, 0.2) is 5.96 Å². The molecule has 0 aliphatic rings. The molecule has 0 aliphatic heterocycles. The van der Waals surface area contributed by atoms with Crippen molar-refractivity contribution in [3.05, 3.63) is 53.3 Å². The maximum Gasteiger partial charge on any atom is 0.189 e. The van der Waals surface area contributed by atoms with Crippen molar-refractivity contribution in [3.63, 3.8) is 0 Å². The molecule has 1 heterocycles. The van der Waals surface area contributed by atoms with Crippen LogP contribution in [0.25, 0.3) is 0 Å². The minimum absolute atomic E-state index is 0. The van der Waals surface area contributed by atoms with Crippen LogP contribution in [-0.4, -0.2) is 27.8 Å². The van der Waals surface area contributed by atoms with Crippen LogP contribution < -0.4 is 11.1 Å². The van der Waals surface area contributed by atoms with Gasteiger partial charge in [-0.25, -0.2) is 0 Å². The van der Waals surface area contributed by atoms with Crippen LogP contribution in [0.4, 0.5) is 0 Å². The minimum atomic E-state index is -0.116. The molecule has 2 aromatic rings. The first-order valence-electron chi connectivity index (χ1n) is 7.18. The van der Waals surface area contributed by atoms with E-state index in [9.17, 15) is 0 Å². The van der Waals surface area contributed by atoms with Crippen molar-refractivity contribution in [3.8, 4) is 0 Å². The van der Waals surface area contributed by atoms with Gasteiger partial charge in [0.05, 0.1) is 12.6 Å². The Morgan fingerprint density at radius 2 is 2.00 bits per heavy atom. The number of guanidine groups is 1. The van der Waals surface area contributed by atoms with Gasteiger partial charge in [0, 0.05) is 23.0 Å². The third-order valence-corrected chi connectivity index (χ3v) is 3.29. The monoisotopic (exact) mass is 447 g/mol. The fourth-order valence-corrected chi connectivity index (χ4v) is 2.23. The molecule has 23 heavy (non-hydrogen) atoms. The van der Waals surface area contributed by atoms with E-state index in [0.717, 1.165) is 5.56 Å². The van der Waals surface area contributed by atoms with Gasteiger partial charge >= 0.3 is 0 Å². The van der Waals surface area contributed by atoms with Crippen LogP contribution in [-0.2, 0) is 0 Å². The molecule has 0 bridgehead atoms. The highest BCUT2D eigenvalue weighted by Crippen LogP contribution is 2.20. The Labute approximate surface area is 159 Å². The molecule has 0 radical (unpaired) electrons. The van der Waals surface area contributed by atoms with Gasteiger partial charge in [-0.1, -0.05) is 23.7 Å². The summed E-state index contributed by atoms with van der Waals surface area (Å²) in [6.07, 6.45) is 3.67. The zero-order valence-corrected chi connectivity index (χ0v) is 16.6. The number of rotatable bonds is 4. The predicted molar refractivity (Wildman–Crippen MR) is 107 cm³/mol. The lowest BCUT2D eigenvalue weighted by Gasteiger charge is -2.22. The molecule has 5 nitrogen and oxygen atoms in total. The molecule has 0 saturated heterocycles. The summed E-state index contributed by atoms with van der Waals surface area (Å²) < 4.78 is 1.87. The smallest absolute Gasteiger partial charge is 0.189 e. The van der Waals surface area contributed by atoms with Crippen LogP contribution >= 0.6 is 35.6 Å². The lowest BCUT2D eigenvalue weighted by atomic mass is 10.1. The van der Waals surface area contributed by atoms with Gasteiger partial charge < -0.3 is 11.1 Å². The Hall–Kier alpha value is -1.28. The van der Waals surface area contributed by atoms with Crippen molar-refractivity contribution < 1.29 is 0 Å². The van der Waals surface area contributed by atoms with Crippen LogP contribution in [0.1, 0.15) is 32.4 Å². The lowest BCUT2D eigenvalue weighted by molar-refractivity contribution is 0.501. The molecule has 0 saturated carbocycles. The SMILES string of the molecule is CC(C)(C)NC(N)=NCC(c1ccc(Cl)cc1)n1cccn1.I. The van der Waals surface area contributed by atoms with Gasteiger partial charge in [-0.2, -0.15) is 5.10 Å². The van der Waals surface area contributed by atoms with E-state index >= 15 is 0 Å². The standard InChI is InChI=1S/C16H22ClN5.HI/c1-16(2,3)21-15(18)19-11-14(22-10-4-9-20-22)12-5-7-13(17)8-6-12;/h4-10,14H,11H2,1-3H3,(H3,18,19,21);1H. The van der Waals surface area contributed by atoms with Gasteiger partial charge in [-0.05, 0) is 44.5 Å². The number of halogens is 2. The van der Waals surface area contributed by atoms with E-state index in [1.54, 1.807) is 6.20 Å². The van der Waals surface area contributed by atoms with E-state index in [4.69, 9.17) is 17.3 Å². The molecular formula is C16H23ClIN5. The number of nitrogens with two attached hydrogens (primary N) is 1. The molecular weight excluding hydrogens is 425 g/mol. The Balaban J connectivity index is 0.00000264. The molecule has 0 fully saturated rings. The highest BCUT2D eigenvalue weighted by molar-refractivity contribution is 14.0. The molecule has 0 amide bonds. The average Bonchev–Trinajstić information content (AvgIpc) is 2.93. The highest BCUT2D eigenvalue weighted by Gasteiger charge is 2.15. The fraction of sp³-hybridized carbons (Fsp3) is 0.375. The summed E-state index contributed by atoms with van der Waals surface area (Å²) in [6, 6.07) is 9.58. The Bertz CT molecular complexity index is 617.